The van der Waals surface area contributed by atoms with Gasteiger partial charge in [-0.05, 0) is 31.0 Å². The Balaban J connectivity index is 0.00000191. The SMILES string of the molecule is C/C=C(NC(=O)c1ccc(CN)cc1)\C(N)=C/CC.CO. The summed E-state index contributed by atoms with van der Waals surface area (Å²) >= 11 is 0. The van der Waals surface area contributed by atoms with Crippen molar-refractivity contribution in [2.75, 3.05) is 7.11 Å². The number of amides is 1. The van der Waals surface area contributed by atoms with Crippen LogP contribution >= 0.6 is 0 Å². The van der Waals surface area contributed by atoms with Crippen LogP contribution in [0.4, 0.5) is 0 Å². The number of hydrogen-bond acceptors (Lipinski definition) is 4. The summed E-state index contributed by atoms with van der Waals surface area (Å²) in [4.78, 5) is 12.1. The topological polar surface area (TPSA) is 101 Å². The van der Waals surface area contributed by atoms with E-state index in [0.717, 1.165) is 19.1 Å². The van der Waals surface area contributed by atoms with Gasteiger partial charge in [0.15, 0.2) is 0 Å². The van der Waals surface area contributed by atoms with E-state index in [1.807, 2.05) is 32.1 Å². The maximum atomic E-state index is 12.1. The second-order valence-corrected chi connectivity index (χ2v) is 4.13. The molecule has 0 aliphatic rings. The summed E-state index contributed by atoms with van der Waals surface area (Å²) in [6.07, 6.45) is 4.48. The monoisotopic (exact) mass is 291 g/mol. The number of carbonyl (C=O) groups is 1. The van der Waals surface area contributed by atoms with Crippen molar-refractivity contribution in [2.45, 2.75) is 26.8 Å². The lowest BCUT2D eigenvalue weighted by Crippen LogP contribution is -2.26. The fraction of sp³-hybridized carbons (Fsp3) is 0.312. The second kappa shape index (κ2) is 10.7. The zero-order valence-electron chi connectivity index (χ0n) is 12.9. The first-order chi connectivity index (χ1) is 10.1. The Labute approximate surface area is 126 Å². The van der Waals surface area contributed by atoms with E-state index in [2.05, 4.69) is 5.32 Å². The number of nitrogens with one attached hydrogen (secondary N) is 1. The molecule has 5 heteroatoms. The predicted octanol–water partition coefficient (Wildman–Crippen LogP) is 1.64. The first-order valence-corrected chi connectivity index (χ1v) is 6.79. The molecule has 1 amide bonds. The molecule has 0 saturated heterocycles. The molecule has 6 N–H and O–H groups in total. The van der Waals surface area contributed by atoms with Gasteiger partial charge in [0.1, 0.15) is 0 Å². The van der Waals surface area contributed by atoms with Gasteiger partial charge in [-0.3, -0.25) is 4.79 Å². The molecule has 0 radical (unpaired) electrons. The quantitative estimate of drug-likeness (QED) is 0.619. The molecule has 116 valence electrons. The van der Waals surface area contributed by atoms with Gasteiger partial charge in [0.05, 0.1) is 11.4 Å². The molecule has 21 heavy (non-hydrogen) atoms. The van der Waals surface area contributed by atoms with Gasteiger partial charge in [-0.1, -0.05) is 31.2 Å². The minimum absolute atomic E-state index is 0.177. The molecular weight excluding hydrogens is 266 g/mol. The van der Waals surface area contributed by atoms with Crippen molar-refractivity contribution in [3.63, 3.8) is 0 Å². The maximum absolute atomic E-state index is 12.1. The molecule has 5 nitrogen and oxygen atoms in total. The Hall–Kier alpha value is -2.11. The van der Waals surface area contributed by atoms with Crippen LogP contribution in [0, 0.1) is 0 Å². The molecule has 0 fully saturated rings. The Morgan fingerprint density at radius 3 is 2.29 bits per heavy atom. The summed E-state index contributed by atoms with van der Waals surface area (Å²) in [6.45, 7) is 4.30. The molecule has 0 heterocycles. The third kappa shape index (κ3) is 6.25. The highest BCUT2D eigenvalue weighted by Crippen LogP contribution is 2.07. The standard InChI is InChI=1S/C15H21N3O.CH4O/c1-3-5-13(17)14(4-2)18-15(19)12-8-6-11(10-16)7-9-12;1-2/h4-9H,3,10,16-17H2,1-2H3,(H,18,19);2H,1H3/b13-5+,14-4+;. The summed E-state index contributed by atoms with van der Waals surface area (Å²) in [6, 6.07) is 7.19. The van der Waals surface area contributed by atoms with Crippen molar-refractivity contribution in [2.24, 2.45) is 11.5 Å². The van der Waals surface area contributed by atoms with Crippen LogP contribution in [0.5, 0.6) is 0 Å². The lowest BCUT2D eigenvalue weighted by Gasteiger charge is -2.10. The fourth-order valence-electron chi connectivity index (χ4n) is 1.63. The molecular formula is C16H25N3O2. The predicted molar refractivity (Wildman–Crippen MR) is 86.3 cm³/mol. The highest BCUT2D eigenvalue weighted by atomic mass is 16.2. The lowest BCUT2D eigenvalue weighted by molar-refractivity contribution is 0.0966. The number of nitrogens with two attached hydrogens (primary N) is 2. The minimum atomic E-state index is -0.177. The molecule has 0 spiro atoms. The number of allylic oxidation sites excluding steroid dienone is 2. The molecule has 1 rings (SSSR count). The Morgan fingerprint density at radius 2 is 1.86 bits per heavy atom. The Morgan fingerprint density at radius 1 is 1.29 bits per heavy atom. The molecule has 0 aliphatic carbocycles. The van der Waals surface area contributed by atoms with Crippen LogP contribution in [-0.4, -0.2) is 18.1 Å². The third-order valence-electron chi connectivity index (χ3n) is 2.72. The van der Waals surface area contributed by atoms with Gasteiger partial charge < -0.3 is 21.9 Å². The van der Waals surface area contributed by atoms with E-state index in [9.17, 15) is 4.79 Å². The Bertz CT molecular complexity index is 491. The first kappa shape index (κ1) is 18.9. The number of benzene rings is 1. The second-order valence-electron chi connectivity index (χ2n) is 4.13. The smallest absolute Gasteiger partial charge is 0.255 e. The molecule has 0 atom stereocenters. The number of carbonyl (C=O) groups excluding carboxylic acids is 1. The zero-order chi connectivity index (χ0) is 16.3. The van der Waals surface area contributed by atoms with Crippen LogP contribution in [0.2, 0.25) is 0 Å². The summed E-state index contributed by atoms with van der Waals surface area (Å²) in [7, 11) is 1.00. The highest BCUT2D eigenvalue weighted by molar-refractivity contribution is 5.95. The van der Waals surface area contributed by atoms with Gasteiger partial charge in [-0.25, -0.2) is 0 Å². The maximum Gasteiger partial charge on any atom is 0.255 e. The summed E-state index contributed by atoms with van der Waals surface area (Å²) in [5.41, 5.74) is 14.2. The number of aliphatic hydroxyl groups excluding tert-OH is 1. The summed E-state index contributed by atoms with van der Waals surface area (Å²) in [5.74, 6) is -0.177. The summed E-state index contributed by atoms with van der Waals surface area (Å²) < 4.78 is 0. The van der Waals surface area contributed by atoms with E-state index in [1.54, 1.807) is 18.2 Å². The lowest BCUT2D eigenvalue weighted by atomic mass is 10.1. The van der Waals surface area contributed by atoms with Crippen molar-refractivity contribution < 1.29 is 9.90 Å². The van der Waals surface area contributed by atoms with Gasteiger partial charge >= 0.3 is 0 Å². The van der Waals surface area contributed by atoms with E-state index in [1.165, 1.54) is 0 Å². The van der Waals surface area contributed by atoms with Gasteiger partial charge in [0.2, 0.25) is 0 Å². The van der Waals surface area contributed by atoms with Crippen molar-refractivity contribution >= 4 is 5.91 Å². The van der Waals surface area contributed by atoms with Crippen LogP contribution < -0.4 is 16.8 Å². The molecule has 1 aromatic rings. The average Bonchev–Trinajstić information content (AvgIpc) is 2.54. The molecule has 1 aromatic carbocycles. The molecule has 0 unspecified atom stereocenters. The molecule has 0 saturated carbocycles. The largest absolute Gasteiger partial charge is 0.400 e. The van der Waals surface area contributed by atoms with Crippen LogP contribution in [0.25, 0.3) is 0 Å². The van der Waals surface area contributed by atoms with Gasteiger partial charge in [-0.15, -0.1) is 0 Å². The van der Waals surface area contributed by atoms with Crippen molar-refractivity contribution in [3.05, 3.63) is 58.9 Å². The zero-order valence-corrected chi connectivity index (χ0v) is 12.9. The number of rotatable bonds is 5. The van der Waals surface area contributed by atoms with E-state index in [-0.39, 0.29) is 5.91 Å². The summed E-state index contributed by atoms with van der Waals surface area (Å²) in [5, 5.41) is 9.80. The van der Waals surface area contributed by atoms with Crippen LogP contribution in [-0.2, 0) is 6.54 Å². The normalized spacial score (nSPS) is 11.5. The molecule has 0 bridgehead atoms. The van der Waals surface area contributed by atoms with Crippen LogP contribution in [0.1, 0.15) is 36.2 Å². The van der Waals surface area contributed by atoms with Crippen LogP contribution in [0.3, 0.4) is 0 Å². The number of aliphatic hydroxyl groups is 1. The van der Waals surface area contributed by atoms with E-state index in [4.69, 9.17) is 16.6 Å². The third-order valence-corrected chi connectivity index (χ3v) is 2.72. The van der Waals surface area contributed by atoms with Crippen molar-refractivity contribution in [3.8, 4) is 0 Å². The van der Waals surface area contributed by atoms with Crippen molar-refractivity contribution in [1.29, 1.82) is 0 Å². The average molecular weight is 291 g/mol. The van der Waals surface area contributed by atoms with Gasteiger partial charge in [0.25, 0.3) is 5.91 Å². The van der Waals surface area contributed by atoms with E-state index in [0.29, 0.717) is 23.5 Å². The Kier molecular flexibility index (Phi) is 9.58. The first-order valence-electron chi connectivity index (χ1n) is 6.79. The highest BCUT2D eigenvalue weighted by Gasteiger charge is 2.08. The van der Waals surface area contributed by atoms with Crippen molar-refractivity contribution in [1.82, 2.24) is 5.32 Å². The fourth-order valence-corrected chi connectivity index (χ4v) is 1.63. The molecule has 0 aliphatic heterocycles. The van der Waals surface area contributed by atoms with E-state index < -0.39 is 0 Å². The van der Waals surface area contributed by atoms with E-state index >= 15 is 0 Å². The minimum Gasteiger partial charge on any atom is -0.400 e. The van der Waals surface area contributed by atoms with Gasteiger partial charge in [0, 0.05) is 19.2 Å². The number of hydrogen-bond donors (Lipinski definition) is 4. The van der Waals surface area contributed by atoms with Gasteiger partial charge in [-0.2, -0.15) is 0 Å². The van der Waals surface area contributed by atoms with Crippen LogP contribution in [0.15, 0.2) is 47.8 Å². The molecule has 0 aromatic heterocycles.